The summed E-state index contributed by atoms with van der Waals surface area (Å²) in [6.45, 7) is 9.82. The van der Waals surface area contributed by atoms with Crippen LogP contribution in [0.1, 0.15) is 17.4 Å². The van der Waals surface area contributed by atoms with Crippen LogP contribution in [0.2, 0.25) is 25.7 Å². The molecule has 8 heteroatoms. The third kappa shape index (κ3) is 4.70. The molecular formula is C23H28N4O3Si. The maximum Gasteiger partial charge on any atom is 0.361 e. The topological polar surface area (TPSA) is 82.0 Å². The van der Waals surface area contributed by atoms with E-state index < -0.39 is 14.0 Å². The highest BCUT2D eigenvalue weighted by Gasteiger charge is 2.22. The van der Waals surface area contributed by atoms with Crippen molar-refractivity contribution >= 4 is 35.8 Å². The molecule has 0 saturated carbocycles. The zero-order valence-corrected chi connectivity index (χ0v) is 19.4. The van der Waals surface area contributed by atoms with Crippen molar-refractivity contribution in [1.29, 1.82) is 0 Å². The lowest BCUT2D eigenvalue weighted by molar-refractivity contribution is 0.0507. The predicted octanol–water partition coefficient (Wildman–Crippen LogP) is 5.07. The van der Waals surface area contributed by atoms with E-state index in [0.717, 1.165) is 33.4 Å². The highest BCUT2D eigenvalue weighted by atomic mass is 28.3. The van der Waals surface area contributed by atoms with Gasteiger partial charge in [0.25, 0.3) is 0 Å². The molecule has 0 aliphatic carbocycles. The van der Waals surface area contributed by atoms with E-state index in [1.807, 2.05) is 36.4 Å². The molecule has 0 aliphatic heterocycles. The maximum absolute atomic E-state index is 12.5. The van der Waals surface area contributed by atoms with E-state index in [1.165, 1.54) is 4.80 Å². The third-order valence-electron chi connectivity index (χ3n) is 5.11. The smallest absolute Gasteiger partial charge is 0.361 e. The first-order valence-corrected chi connectivity index (χ1v) is 14.3. The molecule has 4 aromatic rings. The monoisotopic (exact) mass is 436 g/mol. The second kappa shape index (κ2) is 8.64. The van der Waals surface area contributed by atoms with Crippen LogP contribution in [0.5, 0.6) is 0 Å². The number of H-pyrrole nitrogens is 1. The molecule has 0 bridgehead atoms. The van der Waals surface area contributed by atoms with Crippen LogP contribution in [0.15, 0.2) is 42.5 Å². The highest BCUT2D eigenvalue weighted by Crippen LogP contribution is 2.30. The van der Waals surface area contributed by atoms with Crippen LogP contribution in [0.3, 0.4) is 0 Å². The van der Waals surface area contributed by atoms with Crippen molar-refractivity contribution in [3.63, 3.8) is 0 Å². The zero-order valence-electron chi connectivity index (χ0n) is 18.4. The molecule has 0 amide bonds. The molecule has 4 rings (SSSR count). The minimum Gasteiger partial charge on any atom is -0.461 e. The number of aromatic nitrogens is 4. The molecule has 2 aromatic heterocycles. The molecular weight excluding hydrogens is 408 g/mol. The summed E-state index contributed by atoms with van der Waals surface area (Å²) in [5, 5.41) is 11.2. The van der Waals surface area contributed by atoms with Crippen LogP contribution in [-0.4, -0.2) is 47.2 Å². The number of hydrogen-bond acceptors (Lipinski definition) is 5. The van der Waals surface area contributed by atoms with Crippen LogP contribution in [-0.2, 0) is 16.2 Å². The van der Waals surface area contributed by atoms with Crippen LogP contribution in [0, 0.1) is 0 Å². The Labute approximate surface area is 182 Å². The number of benzene rings is 2. The normalized spacial score (nSPS) is 12.0. The SMILES string of the molecule is CCOC(=O)c1nn(COCC[Si](C)(C)C)nc1-c1ccc2c(c1)[nH]c1ccccc12. The van der Waals surface area contributed by atoms with Gasteiger partial charge in [0.15, 0.2) is 12.4 Å². The molecule has 0 atom stereocenters. The number of aromatic amines is 1. The molecule has 0 fully saturated rings. The van der Waals surface area contributed by atoms with Crippen molar-refractivity contribution in [2.24, 2.45) is 0 Å². The fourth-order valence-electron chi connectivity index (χ4n) is 3.46. The largest absolute Gasteiger partial charge is 0.461 e. The van der Waals surface area contributed by atoms with Gasteiger partial charge in [0.1, 0.15) is 5.69 Å². The first-order valence-electron chi connectivity index (χ1n) is 10.6. The molecule has 31 heavy (non-hydrogen) atoms. The Kier molecular flexibility index (Phi) is 5.93. The predicted molar refractivity (Wildman–Crippen MR) is 125 cm³/mol. The van der Waals surface area contributed by atoms with Crippen molar-refractivity contribution < 1.29 is 14.3 Å². The summed E-state index contributed by atoms with van der Waals surface area (Å²) in [7, 11) is -1.18. The van der Waals surface area contributed by atoms with Gasteiger partial charge in [0.2, 0.25) is 0 Å². The lowest BCUT2D eigenvalue weighted by atomic mass is 10.1. The second-order valence-corrected chi connectivity index (χ2v) is 14.4. The number of esters is 1. The van der Waals surface area contributed by atoms with E-state index >= 15 is 0 Å². The summed E-state index contributed by atoms with van der Waals surface area (Å²) in [5.41, 5.74) is 3.54. The summed E-state index contributed by atoms with van der Waals surface area (Å²) in [6.07, 6.45) is 0. The van der Waals surface area contributed by atoms with Crippen LogP contribution in [0.4, 0.5) is 0 Å². The summed E-state index contributed by atoms with van der Waals surface area (Å²) in [4.78, 5) is 17.4. The number of carbonyl (C=O) groups excluding carboxylic acids is 1. The van der Waals surface area contributed by atoms with E-state index in [-0.39, 0.29) is 19.0 Å². The lowest BCUT2D eigenvalue weighted by Crippen LogP contribution is -2.22. The van der Waals surface area contributed by atoms with E-state index in [4.69, 9.17) is 9.47 Å². The Balaban J connectivity index is 1.66. The molecule has 0 radical (unpaired) electrons. The average Bonchev–Trinajstić information content (AvgIpc) is 3.32. The van der Waals surface area contributed by atoms with Crippen molar-refractivity contribution in [2.75, 3.05) is 13.2 Å². The van der Waals surface area contributed by atoms with Crippen molar-refractivity contribution in [2.45, 2.75) is 39.3 Å². The molecule has 2 heterocycles. The molecule has 0 aliphatic rings. The third-order valence-corrected chi connectivity index (χ3v) is 6.81. The van der Waals surface area contributed by atoms with Gasteiger partial charge in [-0.05, 0) is 25.1 Å². The summed E-state index contributed by atoms with van der Waals surface area (Å²) >= 11 is 0. The van der Waals surface area contributed by atoms with Crippen LogP contribution < -0.4 is 0 Å². The second-order valence-electron chi connectivity index (χ2n) is 8.77. The summed E-state index contributed by atoms with van der Waals surface area (Å²) in [6, 6.07) is 15.2. The first kappa shape index (κ1) is 21.3. The van der Waals surface area contributed by atoms with Crippen molar-refractivity contribution in [3.05, 3.63) is 48.2 Å². The van der Waals surface area contributed by atoms with Crippen LogP contribution in [0.25, 0.3) is 33.1 Å². The Morgan fingerprint density at radius 1 is 1.06 bits per heavy atom. The van der Waals surface area contributed by atoms with Gasteiger partial charge in [-0.25, -0.2) is 4.79 Å². The van der Waals surface area contributed by atoms with Crippen LogP contribution >= 0.6 is 0 Å². The van der Waals surface area contributed by atoms with E-state index in [0.29, 0.717) is 12.3 Å². The Hall–Kier alpha value is -2.97. The van der Waals surface area contributed by atoms with Crippen molar-refractivity contribution in [3.8, 4) is 11.3 Å². The number of ether oxygens (including phenoxy) is 2. The fourth-order valence-corrected chi connectivity index (χ4v) is 4.22. The van der Waals surface area contributed by atoms with Gasteiger partial charge < -0.3 is 14.5 Å². The van der Waals surface area contributed by atoms with E-state index in [1.54, 1.807) is 6.92 Å². The van der Waals surface area contributed by atoms with E-state index in [2.05, 4.69) is 40.9 Å². The number of fused-ring (bicyclic) bond motifs is 3. The molecule has 0 saturated heterocycles. The van der Waals surface area contributed by atoms with Gasteiger partial charge in [0.05, 0.1) is 6.61 Å². The molecule has 0 unspecified atom stereocenters. The molecule has 2 aromatic carbocycles. The Morgan fingerprint density at radius 3 is 2.61 bits per heavy atom. The number of hydrogen-bond donors (Lipinski definition) is 1. The lowest BCUT2D eigenvalue weighted by Gasteiger charge is -2.14. The maximum atomic E-state index is 12.5. The molecule has 1 N–H and O–H groups in total. The summed E-state index contributed by atoms with van der Waals surface area (Å²) < 4.78 is 11.0. The van der Waals surface area contributed by atoms with Gasteiger partial charge in [-0.1, -0.05) is 50.0 Å². The number of carbonyl (C=O) groups is 1. The fraction of sp³-hybridized carbons (Fsp3) is 0.348. The summed E-state index contributed by atoms with van der Waals surface area (Å²) in [5.74, 6) is -0.484. The van der Waals surface area contributed by atoms with E-state index in [9.17, 15) is 4.79 Å². The minimum atomic E-state index is -1.18. The van der Waals surface area contributed by atoms with Gasteiger partial charge in [-0.2, -0.15) is 9.90 Å². The standard InChI is InChI=1S/C23H28N4O3Si/c1-5-30-23(28)22-21(25-27(26-22)15-29-12-13-31(2,3)4)16-10-11-18-17-8-6-7-9-19(17)24-20(18)14-16/h6-11,14,24H,5,12-13,15H2,1-4H3. The van der Waals surface area contributed by atoms with Crippen molar-refractivity contribution in [1.82, 2.24) is 20.0 Å². The number of nitrogens with zero attached hydrogens (tertiary/aromatic N) is 3. The van der Waals surface area contributed by atoms with Gasteiger partial charge in [0, 0.05) is 42.1 Å². The number of para-hydroxylation sites is 1. The molecule has 7 nitrogen and oxygen atoms in total. The van der Waals surface area contributed by atoms with Gasteiger partial charge in [-0.15, -0.1) is 5.10 Å². The molecule has 0 spiro atoms. The van der Waals surface area contributed by atoms with Gasteiger partial charge in [-0.3, -0.25) is 0 Å². The minimum absolute atomic E-state index is 0.200. The number of nitrogens with one attached hydrogen (secondary N) is 1. The zero-order chi connectivity index (χ0) is 22.0. The average molecular weight is 437 g/mol. The molecule has 162 valence electrons. The van der Waals surface area contributed by atoms with Gasteiger partial charge >= 0.3 is 5.97 Å². The Morgan fingerprint density at radius 2 is 1.84 bits per heavy atom. The highest BCUT2D eigenvalue weighted by molar-refractivity contribution is 6.76. The quantitative estimate of drug-likeness (QED) is 0.237. The number of rotatable bonds is 8. The Bertz CT molecular complexity index is 1220. The first-order chi connectivity index (χ1) is 14.9.